The van der Waals surface area contributed by atoms with Crippen molar-refractivity contribution in [1.82, 2.24) is 0 Å². The van der Waals surface area contributed by atoms with Crippen molar-refractivity contribution in [1.29, 1.82) is 0 Å². The van der Waals surface area contributed by atoms with Gasteiger partial charge in [-0.1, -0.05) is 17.7 Å². The Bertz CT molecular complexity index is 208. The van der Waals surface area contributed by atoms with E-state index >= 15 is 0 Å². The molecule has 0 fully saturated rings. The van der Waals surface area contributed by atoms with Crippen molar-refractivity contribution in [3.63, 3.8) is 0 Å². The Morgan fingerprint density at radius 2 is 2.30 bits per heavy atom. The SMILES string of the molecule is FC1=C(Cl)C(F)(Br)CC=C1. The molecule has 0 aromatic rings. The Kier molecular flexibility index (Phi) is 2.15. The van der Waals surface area contributed by atoms with E-state index in [4.69, 9.17) is 11.6 Å². The van der Waals surface area contributed by atoms with Crippen LogP contribution in [0.2, 0.25) is 0 Å². The topological polar surface area (TPSA) is 0 Å². The molecular formula is C6H4BrClF2. The molecule has 0 aromatic heterocycles. The van der Waals surface area contributed by atoms with Crippen molar-refractivity contribution < 1.29 is 8.78 Å². The second-order valence-electron chi connectivity index (χ2n) is 1.97. The lowest BCUT2D eigenvalue weighted by molar-refractivity contribution is 0.352. The maximum absolute atomic E-state index is 13.0. The van der Waals surface area contributed by atoms with Crippen LogP contribution < -0.4 is 0 Å². The monoisotopic (exact) mass is 228 g/mol. The first-order valence-electron chi connectivity index (χ1n) is 2.64. The summed E-state index contributed by atoms with van der Waals surface area (Å²) in [6.07, 6.45) is 2.61. The summed E-state index contributed by atoms with van der Waals surface area (Å²) in [4.78, 5) is 0. The molecule has 0 bridgehead atoms. The zero-order valence-corrected chi connectivity index (χ0v) is 7.22. The van der Waals surface area contributed by atoms with Crippen molar-refractivity contribution in [3.05, 3.63) is 23.0 Å². The quantitative estimate of drug-likeness (QED) is 0.558. The summed E-state index contributed by atoms with van der Waals surface area (Å²) in [6.45, 7) is 0. The van der Waals surface area contributed by atoms with Gasteiger partial charge < -0.3 is 0 Å². The largest absolute Gasteiger partial charge is 0.225 e. The standard InChI is InChI=1S/C6H4BrClF2/c7-6(10)3-1-2-4(9)5(6)8/h1-2H,3H2. The summed E-state index contributed by atoms with van der Waals surface area (Å²) in [5.41, 5.74) is 0. The summed E-state index contributed by atoms with van der Waals surface area (Å²) in [7, 11) is 0. The lowest BCUT2D eigenvalue weighted by Crippen LogP contribution is -2.15. The number of halogens is 4. The third kappa shape index (κ3) is 1.40. The normalized spacial score (nSPS) is 33.2. The van der Waals surface area contributed by atoms with E-state index in [0.717, 1.165) is 6.08 Å². The van der Waals surface area contributed by atoms with Gasteiger partial charge >= 0.3 is 0 Å². The van der Waals surface area contributed by atoms with Crippen LogP contribution in [-0.4, -0.2) is 4.58 Å². The zero-order chi connectivity index (χ0) is 7.78. The summed E-state index contributed by atoms with van der Waals surface area (Å²) >= 11 is 7.94. The highest BCUT2D eigenvalue weighted by molar-refractivity contribution is 9.10. The molecule has 0 saturated carbocycles. The van der Waals surface area contributed by atoms with Crippen LogP contribution in [0.3, 0.4) is 0 Å². The second-order valence-corrected chi connectivity index (χ2v) is 3.61. The van der Waals surface area contributed by atoms with Crippen LogP contribution in [0.4, 0.5) is 8.78 Å². The third-order valence-corrected chi connectivity index (χ3v) is 2.60. The molecule has 56 valence electrons. The summed E-state index contributed by atoms with van der Waals surface area (Å²) in [5, 5.41) is -0.407. The van der Waals surface area contributed by atoms with Crippen LogP contribution >= 0.6 is 27.5 Å². The van der Waals surface area contributed by atoms with Crippen LogP contribution in [0.25, 0.3) is 0 Å². The fourth-order valence-corrected chi connectivity index (χ4v) is 1.16. The van der Waals surface area contributed by atoms with Gasteiger partial charge in [-0.3, -0.25) is 0 Å². The van der Waals surface area contributed by atoms with Crippen LogP contribution in [-0.2, 0) is 0 Å². The summed E-state index contributed by atoms with van der Waals surface area (Å²) in [5.74, 6) is -0.715. The molecule has 1 atom stereocenters. The molecule has 0 aliphatic heterocycles. The minimum Gasteiger partial charge on any atom is -0.225 e. The van der Waals surface area contributed by atoms with Crippen LogP contribution in [0.1, 0.15) is 6.42 Å². The fourth-order valence-electron chi connectivity index (χ4n) is 0.648. The third-order valence-electron chi connectivity index (χ3n) is 1.17. The van der Waals surface area contributed by atoms with E-state index in [9.17, 15) is 8.78 Å². The van der Waals surface area contributed by atoms with Crippen LogP contribution in [0, 0.1) is 0 Å². The molecule has 1 unspecified atom stereocenters. The molecule has 1 aliphatic carbocycles. The molecule has 0 saturated heterocycles. The number of rotatable bonds is 0. The maximum atomic E-state index is 13.0. The van der Waals surface area contributed by atoms with Gasteiger partial charge in [0.2, 0.25) is 4.58 Å². The average Bonchev–Trinajstić information content (AvgIpc) is 1.83. The second kappa shape index (κ2) is 2.62. The zero-order valence-electron chi connectivity index (χ0n) is 4.87. The Morgan fingerprint density at radius 1 is 1.70 bits per heavy atom. The molecule has 1 rings (SSSR count). The van der Waals surface area contributed by atoms with E-state index in [1.54, 1.807) is 0 Å². The lowest BCUT2D eigenvalue weighted by atomic mass is 10.1. The first-order valence-corrected chi connectivity index (χ1v) is 3.81. The van der Waals surface area contributed by atoms with Gasteiger partial charge in [-0.15, -0.1) is 0 Å². The van der Waals surface area contributed by atoms with Crippen LogP contribution in [0.15, 0.2) is 23.0 Å². The highest BCUT2D eigenvalue weighted by Gasteiger charge is 2.33. The molecule has 1 aliphatic rings. The molecular weight excluding hydrogens is 225 g/mol. The fraction of sp³-hybridized carbons (Fsp3) is 0.333. The molecule has 0 radical (unpaired) electrons. The average molecular weight is 229 g/mol. The number of allylic oxidation sites excluding steroid dienone is 4. The molecule has 0 aromatic carbocycles. The van der Waals surface area contributed by atoms with E-state index in [-0.39, 0.29) is 6.42 Å². The maximum Gasteiger partial charge on any atom is 0.206 e. The van der Waals surface area contributed by atoms with Gasteiger partial charge in [0, 0.05) is 6.42 Å². The van der Waals surface area contributed by atoms with Gasteiger partial charge in [0.25, 0.3) is 0 Å². The van der Waals surface area contributed by atoms with Gasteiger partial charge in [-0.05, 0) is 22.0 Å². The van der Waals surface area contributed by atoms with Gasteiger partial charge in [-0.2, -0.15) is 0 Å². The van der Waals surface area contributed by atoms with Crippen molar-refractivity contribution in [3.8, 4) is 0 Å². The molecule has 0 nitrogen and oxygen atoms in total. The van der Waals surface area contributed by atoms with Gasteiger partial charge in [0.05, 0.1) is 0 Å². The first kappa shape index (κ1) is 8.21. The number of alkyl halides is 2. The lowest BCUT2D eigenvalue weighted by Gasteiger charge is -2.18. The molecule has 0 amide bonds. The smallest absolute Gasteiger partial charge is 0.206 e. The van der Waals surface area contributed by atoms with Crippen molar-refractivity contribution >= 4 is 27.5 Å². The van der Waals surface area contributed by atoms with Gasteiger partial charge in [0.1, 0.15) is 10.9 Å². The van der Waals surface area contributed by atoms with Gasteiger partial charge in [-0.25, -0.2) is 8.78 Å². The Hall–Kier alpha value is 0.110. The van der Waals surface area contributed by atoms with E-state index in [2.05, 4.69) is 15.9 Å². The van der Waals surface area contributed by atoms with Crippen molar-refractivity contribution in [2.24, 2.45) is 0 Å². The van der Waals surface area contributed by atoms with E-state index < -0.39 is 15.4 Å². The predicted octanol–water partition coefficient (Wildman–Crippen LogP) is 3.43. The predicted molar refractivity (Wildman–Crippen MR) is 40.5 cm³/mol. The van der Waals surface area contributed by atoms with E-state index in [0.29, 0.717) is 0 Å². The molecule has 0 spiro atoms. The minimum atomic E-state index is -1.90. The minimum absolute atomic E-state index is 0.0687. The summed E-state index contributed by atoms with van der Waals surface area (Å²) < 4.78 is 23.5. The van der Waals surface area contributed by atoms with Crippen LogP contribution in [0.5, 0.6) is 0 Å². The first-order chi connectivity index (χ1) is 4.54. The molecule has 10 heavy (non-hydrogen) atoms. The number of hydrogen-bond acceptors (Lipinski definition) is 0. The highest BCUT2D eigenvalue weighted by atomic mass is 79.9. The van der Waals surface area contributed by atoms with E-state index in [1.807, 2.05) is 0 Å². The highest BCUT2D eigenvalue weighted by Crippen LogP contribution is 2.40. The Labute approximate surface area is 70.7 Å². The Balaban J connectivity index is 2.99. The Morgan fingerprint density at radius 3 is 2.70 bits per heavy atom. The molecule has 0 heterocycles. The van der Waals surface area contributed by atoms with E-state index in [1.165, 1.54) is 6.08 Å². The number of hydrogen-bond donors (Lipinski definition) is 0. The van der Waals surface area contributed by atoms with Crippen molar-refractivity contribution in [2.75, 3.05) is 0 Å². The van der Waals surface area contributed by atoms with Crippen molar-refractivity contribution in [2.45, 2.75) is 11.0 Å². The van der Waals surface area contributed by atoms with Gasteiger partial charge in [0.15, 0.2) is 0 Å². The molecule has 0 N–H and O–H groups in total. The summed E-state index contributed by atoms with van der Waals surface area (Å²) in [6, 6.07) is 0. The molecule has 4 heteroatoms.